The van der Waals surface area contributed by atoms with Gasteiger partial charge in [-0.15, -0.1) is 11.3 Å². The molecule has 1 heterocycles. The monoisotopic (exact) mass is 465 g/mol. The van der Waals surface area contributed by atoms with Gasteiger partial charge in [-0.25, -0.2) is 14.6 Å². The summed E-state index contributed by atoms with van der Waals surface area (Å²) < 4.78 is 5.45. The second-order valence-corrected chi connectivity index (χ2v) is 8.48. The summed E-state index contributed by atoms with van der Waals surface area (Å²) >= 11 is 1.24. The molecule has 1 aliphatic rings. The van der Waals surface area contributed by atoms with E-state index < -0.39 is 12.1 Å². The number of fused-ring (bicyclic) bond motifs is 3. The number of aromatic carboxylic acids is 1. The number of aromatic nitrogens is 1. The highest BCUT2D eigenvalue weighted by Gasteiger charge is 2.28. The summed E-state index contributed by atoms with van der Waals surface area (Å²) in [6.45, 7) is 0.720. The molecule has 4 rings (SSSR count). The Balaban J connectivity index is 1.17. The highest BCUT2D eigenvalue weighted by atomic mass is 32.1. The standard InChI is InChI=1S/C24H23N3O5S/c28-21(25-12-10-22-27-20(14-33-22)23(29)30)9-11-26-24(31)32-13-19-17-7-3-1-5-15(17)16-6-2-4-8-18(16)19/h1-8,14,19H,9-13H2,(H,25,28)(H,26,31)(H,29,30). The number of hydrogen-bond acceptors (Lipinski definition) is 6. The smallest absolute Gasteiger partial charge is 0.407 e. The maximum atomic E-state index is 12.1. The van der Waals surface area contributed by atoms with Crippen molar-refractivity contribution in [2.24, 2.45) is 0 Å². The van der Waals surface area contributed by atoms with Crippen LogP contribution in [0.1, 0.15) is 39.0 Å². The van der Waals surface area contributed by atoms with Gasteiger partial charge < -0.3 is 20.5 Å². The summed E-state index contributed by atoms with van der Waals surface area (Å²) in [5, 5.41) is 16.3. The summed E-state index contributed by atoms with van der Waals surface area (Å²) in [4.78, 5) is 38.9. The third kappa shape index (κ3) is 5.38. The Kier molecular flexibility index (Phi) is 6.99. The molecule has 0 aliphatic heterocycles. The van der Waals surface area contributed by atoms with Crippen LogP contribution in [0.3, 0.4) is 0 Å². The van der Waals surface area contributed by atoms with Gasteiger partial charge in [0, 0.05) is 37.2 Å². The summed E-state index contributed by atoms with van der Waals surface area (Å²) in [7, 11) is 0. The Morgan fingerprint density at radius 2 is 1.64 bits per heavy atom. The van der Waals surface area contributed by atoms with E-state index in [-0.39, 0.29) is 37.1 Å². The average molecular weight is 466 g/mol. The molecule has 33 heavy (non-hydrogen) atoms. The molecule has 0 unspecified atom stereocenters. The van der Waals surface area contributed by atoms with Crippen LogP contribution in [-0.4, -0.2) is 47.8 Å². The molecule has 3 aromatic rings. The van der Waals surface area contributed by atoms with Gasteiger partial charge in [0.1, 0.15) is 6.61 Å². The first-order valence-corrected chi connectivity index (χ1v) is 11.4. The minimum atomic E-state index is -1.07. The van der Waals surface area contributed by atoms with Crippen LogP contribution in [0.5, 0.6) is 0 Å². The number of benzene rings is 2. The number of thiazole rings is 1. The molecule has 0 saturated carbocycles. The maximum absolute atomic E-state index is 12.1. The molecule has 0 spiro atoms. The van der Waals surface area contributed by atoms with E-state index in [1.165, 1.54) is 16.7 Å². The third-order valence-corrected chi connectivity index (χ3v) is 6.31. The lowest BCUT2D eigenvalue weighted by Gasteiger charge is -2.14. The second-order valence-electron chi connectivity index (χ2n) is 7.53. The van der Waals surface area contributed by atoms with Gasteiger partial charge in [0.25, 0.3) is 0 Å². The van der Waals surface area contributed by atoms with Crippen molar-refractivity contribution in [3.05, 3.63) is 75.7 Å². The van der Waals surface area contributed by atoms with E-state index in [0.29, 0.717) is 18.0 Å². The van der Waals surface area contributed by atoms with Crippen molar-refractivity contribution >= 4 is 29.3 Å². The lowest BCUT2D eigenvalue weighted by atomic mass is 9.98. The number of carboxylic acids is 1. The molecule has 0 saturated heterocycles. The Hall–Kier alpha value is -3.72. The molecule has 8 nitrogen and oxygen atoms in total. The number of rotatable bonds is 9. The van der Waals surface area contributed by atoms with Crippen molar-refractivity contribution in [3.63, 3.8) is 0 Å². The predicted octanol–water partition coefficient (Wildman–Crippen LogP) is 3.43. The van der Waals surface area contributed by atoms with Crippen molar-refractivity contribution in [1.82, 2.24) is 15.6 Å². The molecule has 2 aromatic carbocycles. The number of carbonyl (C=O) groups is 3. The summed E-state index contributed by atoms with van der Waals surface area (Å²) in [5.41, 5.74) is 4.61. The van der Waals surface area contributed by atoms with Crippen LogP contribution in [0.25, 0.3) is 11.1 Å². The normalized spacial score (nSPS) is 12.0. The van der Waals surface area contributed by atoms with Gasteiger partial charge in [-0.3, -0.25) is 4.79 Å². The van der Waals surface area contributed by atoms with Crippen molar-refractivity contribution < 1.29 is 24.2 Å². The second kappa shape index (κ2) is 10.3. The molecular formula is C24H23N3O5S. The fourth-order valence-electron chi connectivity index (χ4n) is 3.85. The first-order valence-electron chi connectivity index (χ1n) is 10.6. The minimum absolute atomic E-state index is 0.00798. The fraction of sp³-hybridized carbons (Fsp3) is 0.250. The molecule has 1 aliphatic carbocycles. The molecule has 0 bridgehead atoms. The zero-order chi connectivity index (χ0) is 23.2. The largest absolute Gasteiger partial charge is 0.476 e. The summed E-state index contributed by atoms with van der Waals surface area (Å²) in [6.07, 6.45) is 0.00000529. The SMILES string of the molecule is O=C(CCNC(=O)OCC1c2ccccc2-c2ccccc21)NCCc1nc(C(=O)O)cs1. The van der Waals surface area contributed by atoms with E-state index in [1.807, 2.05) is 24.3 Å². The fourth-order valence-corrected chi connectivity index (χ4v) is 4.62. The number of carbonyl (C=O) groups excluding carboxylic acids is 2. The lowest BCUT2D eigenvalue weighted by Crippen LogP contribution is -2.32. The molecule has 9 heteroatoms. The van der Waals surface area contributed by atoms with Gasteiger partial charge >= 0.3 is 12.1 Å². The molecule has 2 amide bonds. The zero-order valence-corrected chi connectivity index (χ0v) is 18.6. The number of ether oxygens (including phenoxy) is 1. The van der Waals surface area contributed by atoms with E-state index in [9.17, 15) is 14.4 Å². The Morgan fingerprint density at radius 3 is 2.27 bits per heavy atom. The molecule has 170 valence electrons. The van der Waals surface area contributed by atoms with E-state index in [1.54, 1.807) is 0 Å². The minimum Gasteiger partial charge on any atom is -0.476 e. The van der Waals surface area contributed by atoms with Crippen LogP contribution in [0.15, 0.2) is 53.9 Å². The quantitative estimate of drug-likeness (QED) is 0.446. The van der Waals surface area contributed by atoms with Crippen molar-refractivity contribution in [2.45, 2.75) is 18.8 Å². The average Bonchev–Trinajstić information content (AvgIpc) is 3.41. The van der Waals surface area contributed by atoms with Gasteiger partial charge in [0.2, 0.25) is 5.91 Å². The van der Waals surface area contributed by atoms with Crippen LogP contribution in [0, 0.1) is 0 Å². The Bertz CT molecular complexity index is 1130. The summed E-state index contributed by atoms with van der Waals surface area (Å²) in [6, 6.07) is 16.2. The zero-order valence-electron chi connectivity index (χ0n) is 17.7. The summed E-state index contributed by atoms with van der Waals surface area (Å²) in [5.74, 6) is -1.30. The third-order valence-electron chi connectivity index (χ3n) is 5.40. The Morgan fingerprint density at radius 1 is 0.970 bits per heavy atom. The first kappa shape index (κ1) is 22.5. The topological polar surface area (TPSA) is 118 Å². The molecule has 0 radical (unpaired) electrons. The molecule has 1 aromatic heterocycles. The van der Waals surface area contributed by atoms with Gasteiger partial charge in [-0.1, -0.05) is 48.5 Å². The predicted molar refractivity (Wildman–Crippen MR) is 123 cm³/mol. The number of nitrogens with one attached hydrogen (secondary N) is 2. The van der Waals surface area contributed by atoms with E-state index in [2.05, 4.69) is 39.9 Å². The number of nitrogens with zero attached hydrogens (tertiary/aromatic N) is 1. The van der Waals surface area contributed by atoms with E-state index >= 15 is 0 Å². The molecule has 0 atom stereocenters. The maximum Gasteiger partial charge on any atom is 0.407 e. The van der Waals surface area contributed by atoms with Crippen LogP contribution in [0.4, 0.5) is 4.79 Å². The Labute approximate surface area is 194 Å². The number of amides is 2. The van der Waals surface area contributed by atoms with Gasteiger partial charge in [0.05, 0.1) is 5.01 Å². The molecular weight excluding hydrogens is 442 g/mol. The molecule has 0 fully saturated rings. The highest BCUT2D eigenvalue weighted by molar-refractivity contribution is 7.09. The number of hydrogen-bond donors (Lipinski definition) is 3. The van der Waals surface area contributed by atoms with Crippen molar-refractivity contribution in [3.8, 4) is 11.1 Å². The van der Waals surface area contributed by atoms with Crippen LogP contribution in [-0.2, 0) is 16.0 Å². The number of carboxylic acid groups (broad SMARTS) is 1. The van der Waals surface area contributed by atoms with E-state index in [0.717, 1.165) is 22.3 Å². The van der Waals surface area contributed by atoms with Gasteiger partial charge in [0.15, 0.2) is 5.69 Å². The van der Waals surface area contributed by atoms with Gasteiger partial charge in [-0.2, -0.15) is 0 Å². The van der Waals surface area contributed by atoms with E-state index in [4.69, 9.17) is 9.84 Å². The van der Waals surface area contributed by atoms with Crippen LogP contribution >= 0.6 is 11.3 Å². The van der Waals surface area contributed by atoms with Gasteiger partial charge in [-0.05, 0) is 22.3 Å². The van der Waals surface area contributed by atoms with Crippen molar-refractivity contribution in [1.29, 1.82) is 0 Å². The van der Waals surface area contributed by atoms with Crippen LogP contribution in [0.2, 0.25) is 0 Å². The van der Waals surface area contributed by atoms with Crippen molar-refractivity contribution in [2.75, 3.05) is 19.7 Å². The number of alkyl carbamates (subject to hydrolysis) is 1. The highest BCUT2D eigenvalue weighted by Crippen LogP contribution is 2.44. The molecule has 3 N–H and O–H groups in total. The first-order chi connectivity index (χ1) is 16.0. The van der Waals surface area contributed by atoms with Crippen LogP contribution < -0.4 is 10.6 Å². The lowest BCUT2D eigenvalue weighted by molar-refractivity contribution is -0.120.